The lowest BCUT2D eigenvalue weighted by molar-refractivity contribution is -0.129. The van der Waals surface area contributed by atoms with Gasteiger partial charge in [-0.15, -0.1) is 0 Å². The Labute approximate surface area is 199 Å². The van der Waals surface area contributed by atoms with Gasteiger partial charge >= 0.3 is 0 Å². The molecule has 1 aromatic carbocycles. The van der Waals surface area contributed by atoms with E-state index in [0.717, 1.165) is 53.2 Å². The molecule has 0 aromatic heterocycles. The van der Waals surface area contributed by atoms with E-state index in [4.69, 9.17) is 0 Å². The molecule has 5 aliphatic rings. The van der Waals surface area contributed by atoms with E-state index in [0.29, 0.717) is 24.4 Å². The number of hydrogen-bond acceptors (Lipinski definition) is 4. The molecule has 1 N–H and O–H groups in total. The van der Waals surface area contributed by atoms with Crippen molar-refractivity contribution in [1.82, 2.24) is 5.43 Å². The Morgan fingerprint density at radius 3 is 2.82 bits per heavy atom. The lowest BCUT2D eigenvalue weighted by Gasteiger charge is -2.56. The van der Waals surface area contributed by atoms with Crippen molar-refractivity contribution in [2.75, 3.05) is 11.6 Å². The van der Waals surface area contributed by atoms with Gasteiger partial charge in [-0.1, -0.05) is 20.3 Å². The maximum Gasteiger partial charge on any atom is 0.157 e. The Morgan fingerprint density at radius 2 is 1.97 bits per heavy atom. The summed E-state index contributed by atoms with van der Waals surface area (Å²) < 4.78 is 0. The molecule has 4 saturated carbocycles. The topological polar surface area (TPSA) is 56.1 Å². The molecule has 0 saturated heterocycles. The van der Waals surface area contributed by atoms with E-state index in [1.807, 2.05) is 23.2 Å². The number of Topliss-reactive ketones (excluding diaryl/α,β-unsaturated/α-hetero) is 1. The number of carbonyl (C=O) groups is 1. The molecular formula is C29H39N3O. The summed E-state index contributed by atoms with van der Waals surface area (Å²) in [6.07, 6.45) is 12.2. The summed E-state index contributed by atoms with van der Waals surface area (Å²) in [5, 5.41) is 11.2. The largest absolute Gasteiger partial charge is 0.300 e. The van der Waals surface area contributed by atoms with E-state index in [1.54, 1.807) is 0 Å². The van der Waals surface area contributed by atoms with Crippen LogP contribution in [0.1, 0.15) is 82.8 Å². The zero-order chi connectivity index (χ0) is 22.7. The van der Waals surface area contributed by atoms with Gasteiger partial charge in [0.1, 0.15) is 0 Å². The molecule has 0 spiro atoms. The summed E-state index contributed by atoms with van der Waals surface area (Å²) in [6, 6.07) is 8.03. The van der Waals surface area contributed by atoms with Gasteiger partial charge in [0.25, 0.3) is 0 Å². The molecule has 176 valence electrons. The molecule has 0 radical (unpaired) electrons. The second-order valence-corrected chi connectivity index (χ2v) is 12.4. The van der Waals surface area contributed by atoms with Gasteiger partial charge in [-0.2, -0.15) is 5.26 Å². The number of nitrogens with zero attached hydrogens (tertiary/aromatic N) is 2. The first-order chi connectivity index (χ1) is 16.0. The van der Waals surface area contributed by atoms with Gasteiger partial charge in [0, 0.05) is 12.5 Å². The fraction of sp³-hybridized carbons (Fsp3) is 0.724. The zero-order valence-electron chi connectivity index (χ0n) is 20.4. The summed E-state index contributed by atoms with van der Waals surface area (Å²) in [5.41, 5.74) is 6.47. The van der Waals surface area contributed by atoms with Crippen molar-refractivity contribution in [3.8, 4) is 6.07 Å². The fourth-order valence-electron chi connectivity index (χ4n) is 9.35. The Bertz CT molecular complexity index is 982. The second kappa shape index (κ2) is 8.12. The number of hydrogen-bond donors (Lipinski definition) is 1. The third kappa shape index (κ3) is 3.45. The van der Waals surface area contributed by atoms with Crippen LogP contribution >= 0.6 is 0 Å². The Hall–Kier alpha value is -1.86. The van der Waals surface area contributed by atoms with Gasteiger partial charge in [-0.3, -0.25) is 4.79 Å². The van der Waals surface area contributed by atoms with Crippen LogP contribution in [0, 0.1) is 58.2 Å². The Balaban J connectivity index is 1.16. The van der Waals surface area contributed by atoms with Gasteiger partial charge in [0.15, 0.2) is 5.78 Å². The highest BCUT2D eigenvalue weighted by Crippen LogP contribution is 2.64. The van der Waals surface area contributed by atoms with Crippen LogP contribution in [-0.4, -0.2) is 12.3 Å². The zero-order valence-corrected chi connectivity index (χ0v) is 20.4. The first-order valence-corrected chi connectivity index (χ1v) is 13.5. The summed E-state index contributed by atoms with van der Waals surface area (Å²) in [6.45, 7) is 6.09. The molecule has 1 heterocycles. The van der Waals surface area contributed by atoms with Crippen LogP contribution in [-0.2, 0) is 11.3 Å². The molecule has 33 heavy (non-hydrogen) atoms. The van der Waals surface area contributed by atoms with Crippen LogP contribution in [0.5, 0.6) is 0 Å². The molecule has 0 amide bonds. The number of benzene rings is 1. The average Bonchev–Trinajstić information content (AvgIpc) is 3.38. The van der Waals surface area contributed by atoms with Gasteiger partial charge < -0.3 is 5.01 Å². The lowest BCUT2D eigenvalue weighted by atomic mass is 9.49. The van der Waals surface area contributed by atoms with E-state index < -0.39 is 0 Å². The van der Waals surface area contributed by atoms with E-state index in [2.05, 4.69) is 25.3 Å². The number of hydrazine groups is 1. The minimum Gasteiger partial charge on any atom is -0.300 e. The highest BCUT2D eigenvalue weighted by atomic mass is 16.1. The highest BCUT2D eigenvalue weighted by Gasteiger charge is 2.58. The molecule has 4 heteroatoms. The van der Waals surface area contributed by atoms with Crippen molar-refractivity contribution in [2.45, 2.75) is 78.2 Å². The molecule has 1 aromatic rings. The first kappa shape index (κ1) is 21.7. The molecule has 1 aliphatic heterocycles. The molecular weight excluding hydrogens is 406 g/mol. The lowest BCUT2D eigenvalue weighted by Crippen LogP contribution is -2.50. The Morgan fingerprint density at radius 1 is 1.12 bits per heavy atom. The van der Waals surface area contributed by atoms with E-state index in [-0.39, 0.29) is 11.3 Å². The smallest absolute Gasteiger partial charge is 0.157 e. The maximum atomic E-state index is 13.7. The van der Waals surface area contributed by atoms with Gasteiger partial charge in [-0.25, -0.2) is 5.43 Å². The standard InChI is InChI=1S/C29H39N3O/c1-18-3-6-22-20(13-18)5-7-24-23(22)11-12-29(2)25(24)8-9-26(29)28(33)17-32-27-10-4-19(15-30)14-21(27)16-31-32/h4,10,14,18,20,22-26,31H,3,5-9,11-13,16-17H2,1-2H3. The second-order valence-electron chi connectivity index (χ2n) is 12.4. The Kier molecular flexibility index (Phi) is 5.33. The highest BCUT2D eigenvalue weighted by molar-refractivity contribution is 5.87. The number of ketones is 1. The third-order valence-corrected chi connectivity index (χ3v) is 10.9. The summed E-state index contributed by atoms with van der Waals surface area (Å²) in [5.74, 6) is 6.07. The van der Waals surface area contributed by atoms with Gasteiger partial charge in [0.05, 0.1) is 23.9 Å². The molecule has 4 fully saturated rings. The fourth-order valence-corrected chi connectivity index (χ4v) is 9.35. The summed E-state index contributed by atoms with van der Waals surface area (Å²) in [4.78, 5) is 13.7. The van der Waals surface area contributed by atoms with Crippen molar-refractivity contribution >= 4 is 11.5 Å². The van der Waals surface area contributed by atoms with E-state index in [1.165, 1.54) is 51.4 Å². The maximum absolute atomic E-state index is 13.7. The van der Waals surface area contributed by atoms with Crippen molar-refractivity contribution in [2.24, 2.45) is 46.8 Å². The van der Waals surface area contributed by atoms with Crippen molar-refractivity contribution in [3.63, 3.8) is 0 Å². The number of rotatable bonds is 3. The predicted octanol–water partition coefficient (Wildman–Crippen LogP) is 5.86. The van der Waals surface area contributed by atoms with Crippen molar-refractivity contribution < 1.29 is 4.79 Å². The number of anilines is 1. The van der Waals surface area contributed by atoms with Crippen LogP contribution in [0.15, 0.2) is 18.2 Å². The van der Waals surface area contributed by atoms with E-state index in [9.17, 15) is 10.1 Å². The average molecular weight is 446 g/mol. The monoisotopic (exact) mass is 445 g/mol. The number of fused-ring (bicyclic) bond motifs is 6. The number of carbonyl (C=O) groups excluding carboxylic acids is 1. The SMILES string of the molecule is CC1CCC2C(CCC3C2CCC2(C)C(C(=O)CN4NCc5cc(C#N)ccc54)CCC32)C1. The number of nitrogens with one attached hydrogen (secondary N) is 1. The van der Waals surface area contributed by atoms with Crippen molar-refractivity contribution in [3.05, 3.63) is 29.3 Å². The molecule has 4 aliphatic carbocycles. The molecule has 0 bridgehead atoms. The summed E-state index contributed by atoms with van der Waals surface area (Å²) >= 11 is 0. The van der Waals surface area contributed by atoms with Gasteiger partial charge in [-0.05, 0) is 116 Å². The van der Waals surface area contributed by atoms with E-state index >= 15 is 0 Å². The predicted molar refractivity (Wildman–Crippen MR) is 130 cm³/mol. The minimum atomic E-state index is 0.195. The van der Waals surface area contributed by atoms with Crippen molar-refractivity contribution in [1.29, 1.82) is 5.26 Å². The third-order valence-electron chi connectivity index (χ3n) is 10.9. The molecule has 6 rings (SSSR count). The molecule has 4 nitrogen and oxygen atoms in total. The van der Waals surface area contributed by atoms with Crippen LogP contribution in [0.2, 0.25) is 0 Å². The van der Waals surface area contributed by atoms with Crippen LogP contribution in [0.4, 0.5) is 5.69 Å². The number of nitriles is 1. The van der Waals surface area contributed by atoms with Crippen LogP contribution in [0.3, 0.4) is 0 Å². The minimum absolute atomic E-state index is 0.195. The molecule has 8 unspecified atom stereocenters. The summed E-state index contributed by atoms with van der Waals surface area (Å²) in [7, 11) is 0. The first-order valence-electron chi connectivity index (χ1n) is 13.5. The normalized spacial score (nSPS) is 41.5. The van der Waals surface area contributed by atoms with Crippen LogP contribution in [0.25, 0.3) is 0 Å². The quantitative estimate of drug-likeness (QED) is 0.633. The van der Waals surface area contributed by atoms with Gasteiger partial charge in [0.2, 0.25) is 0 Å². The van der Waals surface area contributed by atoms with Crippen LogP contribution < -0.4 is 10.4 Å². The molecule has 8 atom stereocenters.